The average molecular weight is 659 g/mol. The van der Waals surface area contributed by atoms with Gasteiger partial charge in [-0.05, 0) is 70.1 Å². The van der Waals surface area contributed by atoms with Crippen LogP contribution in [0.5, 0.6) is 5.75 Å². The zero-order chi connectivity index (χ0) is 34.2. The lowest BCUT2D eigenvalue weighted by molar-refractivity contribution is -0.160. The van der Waals surface area contributed by atoms with Crippen molar-refractivity contribution in [2.75, 3.05) is 26.4 Å². The highest BCUT2D eigenvalue weighted by atomic mass is 16.7. The van der Waals surface area contributed by atoms with Crippen molar-refractivity contribution in [2.45, 2.75) is 45.1 Å². The second kappa shape index (κ2) is 15.8. The summed E-state index contributed by atoms with van der Waals surface area (Å²) in [5.74, 6) is -0.311. The quantitative estimate of drug-likeness (QED) is 0.121. The SMILES string of the molecule is CCOC(CN(Cc1cccc2ccccc12)C(=O)[C@@H](Cc1ccc(O)cc1)NC(=O)OCC1c2ccccc2-c2ccccc21)OCC. The molecule has 0 saturated heterocycles. The van der Waals surface area contributed by atoms with Crippen LogP contribution >= 0.6 is 0 Å². The summed E-state index contributed by atoms with van der Waals surface area (Å²) in [6.45, 7) is 5.14. The third-order valence-corrected chi connectivity index (χ3v) is 8.94. The zero-order valence-electron chi connectivity index (χ0n) is 27.9. The summed E-state index contributed by atoms with van der Waals surface area (Å²) in [4.78, 5) is 29.9. The Morgan fingerprint density at radius 2 is 1.39 bits per heavy atom. The van der Waals surface area contributed by atoms with Gasteiger partial charge in [-0.25, -0.2) is 4.79 Å². The van der Waals surface area contributed by atoms with Crippen LogP contribution in [0.3, 0.4) is 0 Å². The van der Waals surface area contributed by atoms with E-state index in [1.165, 1.54) is 0 Å². The first-order chi connectivity index (χ1) is 23.9. The Hall–Kier alpha value is -5.18. The number of rotatable bonds is 14. The Morgan fingerprint density at radius 1 is 0.776 bits per heavy atom. The highest BCUT2D eigenvalue weighted by Gasteiger charge is 2.32. The minimum absolute atomic E-state index is 0.116. The maximum atomic E-state index is 14.6. The Morgan fingerprint density at radius 3 is 2.06 bits per heavy atom. The number of fused-ring (bicyclic) bond motifs is 4. The van der Waals surface area contributed by atoms with Crippen LogP contribution in [0.1, 0.15) is 42.0 Å². The fraction of sp³-hybridized carbons (Fsp3) is 0.268. The summed E-state index contributed by atoms with van der Waals surface area (Å²) >= 11 is 0. The van der Waals surface area contributed by atoms with Crippen LogP contribution in [-0.2, 0) is 32.0 Å². The van der Waals surface area contributed by atoms with E-state index in [1.54, 1.807) is 29.2 Å². The summed E-state index contributed by atoms with van der Waals surface area (Å²) < 4.78 is 17.6. The summed E-state index contributed by atoms with van der Waals surface area (Å²) in [6, 6.07) is 36.0. The lowest BCUT2D eigenvalue weighted by Crippen LogP contribution is -2.51. The molecule has 49 heavy (non-hydrogen) atoms. The van der Waals surface area contributed by atoms with E-state index in [9.17, 15) is 14.7 Å². The molecule has 0 saturated carbocycles. The van der Waals surface area contributed by atoms with Crippen LogP contribution in [0.4, 0.5) is 4.79 Å². The molecule has 8 nitrogen and oxygen atoms in total. The summed E-state index contributed by atoms with van der Waals surface area (Å²) in [5.41, 5.74) is 6.21. The Labute approximate surface area is 287 Å². The number of carbonyl (C=O) groups is 2. The van der Waals surface area contributed by atoms with Gasteiger partial charge in [0.2, 0.25) is 5.91 Å². The molecule has 2 N–H and O–H groups in total. The van der Waals surface area contributed by atoms with E-state index in [1.807, 2.05) is 80.6 Å². The molecule has 0 spiro atoms. The molecule has 2 amide bonds. The first-order valence-electron chi connectivity index (χ1n) is 16.8. The van der Waals surface area contributed by atoms with E-state index in [0.717, 1.165) is 44.2 Å². The van der Waals surface area contributed by atoms with Crippen molar-refractivity contribution in [3.8, 4) is 16.9 Å². The van der Waals surface area contributed by atoms with Crippen molar-refractivity contribution in [3.05, 3.63) is 138 Å². The monoisotopic (exact) mass is 658 g/mol. The first kappa shape index (κ1) is 33.7. The number of nitrogens with one attached hydrogen (secondary N) is 1. The van der Waals surface area contributed by atoms with E-state index in [-0.39, 0.29) is 43.7 Å². The van der Waals surface area contributed by atoms with Crippen molar-refractivity contribution < 1.29 is 28.9 Å². The lowest BCUT2D eigenvalue weighted by Gasteiger charge is -2.31. The molecule has 1 aliphatic carbocycles. The topological polar surface area (TPSA) is 97.3 Å². The fourth-order valence-electron chi connectivity index (χ4n) is 6.64. The fourth-order valence-corrected chi connectivity index (χ4v) is 6.64. The molecular formula is C41H42N2O6. The number of amides is 2. The lowest BCUT2D eigenvalue weighted by atomic mass is 9.98. The van der Waals surface area contributed by atoms with Gasteiger partial charge < -0.3 is 29.5 Å². The molecule has 5 aromatic carbocycles. The van der Waals surface area contributed by atoms with Crippen LogP contribution in [0.2, 0.25) is 0 Å². The van der Waals surface area contributed by atoms with Gasteiger partial charge in [-0.2, -0.15) is 0 Å². The van der Waals surface area contributed by atoms with Gasteiger partial charge in [-0.3, -0.25) is 4.79 Å². The number of aromatic hydroxyl groups is 1. The highest BCUT2D eigenvalue weighted by molar-refractivity contribution is 5.88. The number of phenols is 1. The maximum absolute atomic E-state index is 14.6. The zero-order valence-corrected chi connectivity index (χ0v) is 27.9. The summed E-state index contributed by atoms with van der Waals surface area (Å²) in [7, 11) is 0. The molecule has 5 aromatic rings. The van der Waals surface area contributed by atoms with Crippen LogP contribution in [0, 0.1) is 0 Å². The van der Waals surface area contributed by atoms with Crippen LogP contribution in [-0.4, -0.2) is 60.7 Å². The molecule has 0 aromatic heterocycles. The third kappa shape index (κ3) is 7.94. The minimum Gasteiger partial charge on any atom is -0.508 e. The van der Waals surface area contributed by atoms with Gasteiger partial charge >= 0.3 is 6.09 Å². The van der Waals surface area contributed by atoms with Gasteiger partial charge in [-0.15, -0.1) is 0 Å². The second-order valence-corrected chi connectivity index (χ2v) is 12.1. The van der Waals surface area contributed by atoms with Gasteiger partial charge in [-0.1, -0.05) is 103 Å². The number of benzene rings is 5. The molecule has 8 heteroatoms. The standard InChI is InChI=1S/C41H42N2O6/c1-3-47-39(48-4-2)26-43(25-30-14-11-13-29-12-5-6-15-32(29)30)40(45)38(24-28-20-22-31(44)23-21-28)42-41(46)49-27-37-35-18-9-7-16-33(35)34-17-8-10-19-36(34)37/h5-23,37-39,44H,3-4,24-27H2,1-2H3,(H,42,46)/t38-/m1/s1. The Balaban J connectivity index is 1.26. The smallest absolute Gasteiger partial charge is 0.407 e. The second-order valence-electron chi connectivity index (χ2n) is 12.1. The highest BCUT2D eigenvalue weighted by Crippen LogP contribution is 2.44. The number of phenolic OH excluding ortho intramolecular Hbond substituents is 1. The number of hydrogen-bond donors (Lipinski definition) is 2. The summed E-state index contributed by atoms with van der Waals surface area (Å²) in [5, 5.41) is 14.9. The van der Waals surface area contributed by atoms with E-state index in [4.69, 9.17) is 14.2 Å². The molecule has 0 fully saturated rings. The maximum Gasteiger partial charge on any atom is 0.407 e. The molecular weight excluding hydrogens is 616 g/mol. The predicted molar refractivity (Wildman–Crippen MR) is 190 cm³/mol. The molecule has 0 aliphatic heterocycles. The van der Waals surface area contributed by atoms with Crippen LogP contribution < -0.4 is 5.32 Å². The minimum atomic E-state index is -0.973. The van der Waals surface area contributed by atoms with Gasteiger partial charge in [0.1, 0.15) is 18.4 Å². The van der Waals surface area contributed by atoms with E-state index in [0.29, 0.717) is 13.2 Å². The third-order valence-electron chi connectivity index (χ3n) is 8.94. The van der Waals surface area contributed by atoms with E-state index in [2.05, 4.69) is 29.6 Å². The molecule has 0 bridgehead atoms. The first-order valence-corrected chi connectivity index (χ1v) is 16.8. The van der Waals surface area contributed by atoms with Crippen molar-refractivity contribution in [2.24, 2.45) is 0 Å². The average Bonchev–Trinajstić information content (AvgIpc) is 3.44. The van der Waals surface area contributed by atoms with Crippen LogP contribution in [0.15, 0.2) is 115 Å². The molecule has 1 aliphatic rings. The van der Waals surface area contributed by atoms with Gasteiger partial charge in [0.25, 0.3) is 0 Å². The Kier molecular flexibility index (Phi) is 10.9. The van der Waals surface area contributed by atoms with Crippen molar-refractivity contribution in [1.82, 2.24) is 10.2 Å². The number of carbonyl (C=O) groups excluding carboxylic acids is 2. The molecule has 0 heterocycles. The molecule has 0 unspecified atom stereocenters. The molecule has 1 atom stereocenters. The number of nitrogens with zero attached hydrogens (tertiary/aromatic N) is 1. The number of alkyl carbamates (subject to hydrolysis) is 1. The van der Waals surface area contributed by atoms with Gasteiger partial charge in [0, 0.05) is 32.1 Å². The van der Waals surface area contributed by atoms with Gasteiger partial charge in [0.15, 0.2) is 6.29 Å². The normalized spacial score (nSPS) is 12.8. The van der Waals surface area contributed by atoms with Gasteiger partial charge in [0.05, 0.1) is 6.54 Å². The van der Waals surface area contributed by atoms with E-state index < -0.39 is 18.4 Å². The largest absolute Gasteiger partial charge is 0.508 e. The van der Waals surface area contributed by atoms with Crippen LogP contribution in [0.25, 0.3) is 21.9 Å². The molecule has 6 rings (SSSR count). The van der Waals surface area contributed by atoms with Crippen molar-refractivity contribution >= 4 is 22.8 Å². The van der Waals surface area contributed by atoms with Crippen molar-refractivity contribution in [1.29, 1.82) is 0 Å². The molecule has 0 radical (unpaired) electrons. The van der Waals surface area contributed by atoms with E-state index >= 15 is 0 Å². The Bertz CT molecular complexity index is 1830. The number of ether oxygens (including phenoxy) is 3. The summed E-state index contributed by atoms with van der Waals surface area (Å²) in [6.07, 6.45) is -1.16. The predicted octanol–water partition coefficient (Wildman–Crippen LogP) is 7.42. The molecule has 252 valence electrons. The number of hydrogen-bond acceptors (Lipinski definition) is 6. The van der Waals surface area contributed by atoms with Crippen molar-refractivity contribution in [3.63, 3.8) is 0 Å².